The fourth-order valence-corrected chi connectivity index (χ4v) is 2.88. The summed E-state index contributed by atoms with van der Waals surface area (Å²) in [6.45, 7) is 1.99. The van der Waals surface area contributed by atoms with Gasteiger partial charge >= 0.3 is 0 Å². The second-order valence-corrected chi connectivity index (χ2v) is 4.98. The summed E-state index contributed by atoms with van der Waals surface area (Å²) in [7, 11) is 0. The largest absolute Gasteiger partial charge is 0.464 e. The van der Waals surface area contributed by atoms with Crippen molar-refractivity contribution >= 4 is 22.3 Å². The average Bonchev–Trinajstić information content (AvgIpc) is 2.94. The molecular weight excluding hydrogens is 252 g/mol. The van der Waals surface area contributed by atoms with E-state index in [1.807, 2.05) is 37.3 Å². The lowest BCUT2D eigenvalue weighted by atomic mass is 9.85. The Kier molecular flexibility index (Phi) is 2.05. The molecule has 0 amide bonds. The lowest BCUT2D eigenvalue weighted by molar-refractivity contribution is 0.0815. The summed E-state index contributed by atoms with van der Waals surface area (Å²) in [5.74, 6) is -0.451. The van der Waals surface area contributed by atoms with Crippen molar-refractivity contribution in [2.24, 2.45) is 0 Å². The van der Waals surface area contributed by atoms with E-state index in [0.29, 0.717) is 22.5 Å². The molecule has 3 nitrogen and oxygen atoms in total. The Morgan fingerprint density at radius 1 is 0.850 bits per heavy atom. The minimum Gasteiger partial charge on any atom is -0.464 e. The van der Waals surface area contributed by atoms with Gasteiger partial charge < -0.3 is 4.42 Å². The molecule has 0 bridgehead atoms. The third-order valence-electron chi connectivity index (χ3n) is 3.87. The third-order valence-corrected chi connectivity index (χ3v) is 3.87. The number of ketones is 2. The highest BCUT2D eigenvalue weighted by Crippen LogP contribution is 2.38. The highest BCUT2D eigenvalue weighted by Gasteiger charge is 2.34. The predicted molar refractivity (Wildman–Crippen MR) is 75.0 cm³/mol. The average molecular weight is 262 g/mol. The fourth-order valence-electron chi connectivity index (χ4n) is 2.88. The number of fused-ring (bicyclic) bond motifs is 5. The second kappa shape index (κ2) is 3.67. The first kappa shape index (κ1) is 11.2. The number of carbonyl (C=O) groups is 2. The quantitative estimate of drug-likeness (QED) is 0.579. The van der Waals surface area contributed by atoms with Crippen LogP contribution in [0.15, 0.2) is 47.1 Å². The maximum atomic E-state index is 12.4. The molecule has 1 aliphatic rings. The molecule has 96 valence electrons. The summed E-state index contributed by atoms with van der Waals surface area (Å²) in [4.78, 5) is 24.6. The molecule has 0 N–H and O–H groups in total. The molecule has 1 aliphatic carbocycles. The van der Waals surface area contributed by atoms with E-state index in [1.54, 1.807) is 6.07 Å². The monoisotopic (exact) mass is 262 g/mol. The van der Waals surface area contributed by atoms with Crippen molar-refractivity contribution in [3.8, 4) is 11.3 Å². The van der Waals surface area contributed by atoms with Crippen molar-refractivity contribution < 1.29 is 14.0 Å². The molecule has 3 heteroatoms. The Labute approximate surface area is 114 Å². The molecule has 1 aromatic heterocycles. The van der Waals surface area contributed by atoms with Crippen LogP contribution in [0.1, 0.15) is 26.3 Å². The van der Waals surface area contributed by atoms with Crippen LogP contribution in [-0.2, 0) is 0 Å². The maximum Gasteiger partial charge on any atom is 0.237 e. The summed E-state index contributed by atoms with van der Waals surface area (Å²) < 4.78 is 5.41. The van der Waals surface area contributed by atoms with E-state index in [2.05, 4.69) is 0 Å². The van der Waals surface area contributed by atoms with Crippen LogP contribution in [0, 0.1) is 6.92 Å². The molecule has 0 unspecified atom stereocenters. The smallest absolute Gasteiger partial charge is 0.237 e. The van der Waals surface area contributed by atoms with E-state index >= 15 is 0 Å². The van der Waals surface area contributed by atoms with Gasteiger partial charge in [0.05, 0.1) is 11.8 Å². The lowest BCUT2D eigenvalue weighted by Gasteiger charge is -2.16. The molecule has 20 heavy (non-hydrogen) atoms. The molecule has 1 heterocycles. The van der Waals surface area contributed by atoms with Gasteiger partial charge in [0.1, 0.15) is 5.76 Å². The molecule has 0 fully saturated rings. The van der Waals surface area contributed by atoms with Crippen molar-refractivity contribution in [3.05, 3.63) is 59.4 Å². The van der Waals surface area contributed by atoms with Crippen LogP contribution < -0.4 is 0 Å². The first-order chi connectivity index (χ1) is 9.68. The molecule has 0 spiro atoms. The lowest BCUT2D eigenvalue weighted by Crippen LogP contribution is -2.20. The predicted octanol–water partition coefficient (Wildman–Crippen LogP) is 3.79. The number of furan rings is 1. The van der Waals surface area contributed by atoms with Gasteiger partial charge in [0, 0.05) is 11.1 Å². The summed E-state index contributed by atoms with van der Waals surface area (Å²) >= 11 is 0. The van der Waals surface area contributed by atoms with Gasteiger partial charge in [-0.25, -0.2) is 0 Å². The van der Waals surface area contributed by atoms with Gasteiger partial charge in [0.2, 0.25) is 11.6 Å². The molecule has 0 aliphatic heterocycles. The first-order valence-electron chi connectivity index (χ1n) is 6.37. The van der Waals surface area contributed by atoms with Gasteiger partial charge in [-0.3, -0.25) is 9.59 Å². The number of Topliss-reactive ketones (excluding diaryl/α,β-unsaturated/α-hetero) is 2. The van der Waals surface area contributed by atoms with Gasteiger partial charge in [0.25, 0.3) is 0 Å². The van der Waals surface area contributed by atoms with Gasteiger partial charge in [-0.2, -0.15) is 0 Å². The molecule has 4 rings (SSSR count). The zero-order chi connectivity index (χ0) is 13.9. The van der Waals surface area contributed by atoms with Crippen molar-refractivity contribution in [3.63, 3.8) is 0 Å². The van der Waals surface area contributed by atoms with Crippen molar-refractivity contribution in [1.29, 1.82) is 0 Å². The topological polar surface area (TPSA) is 47.3 Å². The SMILES string of the molecule is Cc1cccc2c3c(ccc12)-c1occc1C(=O)C3=O. The molecule has 0 saturated heterocycles. The standard InChI is InChI=1S/C17H10O3/c1-9-3-2-4-11-10(9)5-6-12-14(11)16(19)15(18)13-7-8-20-17(12)13/h2-8H,1H3. The Morgan fingerprint density at radius 3 is 2.55 bits per heavy atom. The van der Waals surface area contributed by atoms with Crippen LogP contribution >= 0.6 is 0 Å². The van der Waals surface area contributed by atoms with Crippen LogP contribution in [0.4, 0.5) is 0 Å². The van der Waals surface area contributed by atoms with Crippen LogP contribution in [-0.4, -0.2) is 11.6 Å². The highest BCUT2D eigenvalue weighted by molar-refractivity contribution is 6.54. The Bertz CT molecular complexity index is 900. The zero-order valence-electron chi connectivity index (χ0n) is 10.8. The number of rotatable bonds is 0. The number of hydrogen-bond donors (Lipinski definition) is 0. The van der Waals surface area contributed by atoms with Crippen molar-refractivity contribution in [2.45, 2.75) is 6.92 Å². The summed E-state index contributed by atoms with van der Waals surface area (Å²) in [5, 5.41) is 1.80. The first-order valence-corrected chi connectivity index (χ1v) is 6.37. The third kappa shape index (κ3) is 1.24. The summed E-state index contributed by atoms with van der Waals surface area (Å²) in [6.07, 6.45) is 1.45. The number of hydrogen-bond acceptors (Lipinski definition) is 3. The Balaban J connectivity index is 2.21. The highest BCUT2D eigenvalue weighted by atomic mass is 16.3. The maximum absolute atomic E-state index is 12.4. The van der Waals surface area contributed by atoms with E-state index in [9.17, 15) is 9.59 Å². The van der Waals surface area contributed by atoms with Gasteiger partial charge in [-0.15, -0.1) is 0 Å². The molecule has 0 atom stereocenters. The van der Waals surface area contributed by atoms with Crippen LogP contribution in [0.2, 0.25) is 0 Å². The van der Waals surface area contributed by atoms with Crippen LogP contribution in [0.3, 0.4) is 0 Å². The van der Waals surface area contributed by atoms with Crippen molar-refractivity contribution in [2.75, 3.05) is 0 Å². The fraction of sp³-hybridized carbons (Fsp3) is 0.0588. The van der Waals surface area contributed by atoms with E-state index in [0.717, 1.165) is 16.3 Å². The number of carbonyl (C=O) groups excluding carboxylic acids is 2. The van der Waals surface area contributed by atoms with E-state index in [4.69, 9.17) is 4.42 Å². The molecular formula is C17H10O3. The van der Waals surface area contributed by atoms with E-state index < -0.39 is 11.6 Å². The minimum absolute atomic E-state index is 0.356. The summed E-state index contributed by atoms with van der Waals surface area (Å²) in [6, 6.07) is 11.1. The molecule has 0 saturated carbocycles. The van der Waals surface area contributed by atoms with Gasteiger partial charge in [-0.05, 0) is 35.4 Å². The van der Waals surface area contributed by atoms with E-state index in [1.165, 1.54) is 6.26 Å². The minimum atomic E-state index is -0.491. The molecule has 3 aromatic rings. The van der Waals surface area contributed by atoms with E-state index in [-0.39, 0.29) is 0 Å². The number of benzene rings is 2. The van der Waals surface area contributed by atoms with Crippen LogP contribution in [0.25, 0.3) is 22.1 Å². The number of aryl methyl sites for hydroxylation is 1. The van der Waals surface area contributed by atoms with Crippen LogP contribution in [0.5, 0.6) is 0 Å². The molecule has 2 aromatic carbocycles. The van der Waals surface area contributed by atoms with Gasteiger partial charge in [-0.1, -0.05) is 24.3 Å². The zero-order valence-corrected chi connectivity index (χ0v) is 10.8. The van der Waals surface area contributed by atoms with Crippen molar-refractivity contribution in [1.82, 2.24) is 0 Å². The van der Waals surface area contributed by atoms with Gasteiger partial charge in [0.15, 0.2) is 0 Å². The Morgan fingerprint density at radius 2 is 1.70 bits per heavy atom. The Hall–Kier alpha value is -2.68. The molecule has 0 radical (unpaired) electrons. The normalized spacial score (nSPS) is 13.4. The summed E-state index contributed by atoms with van der Waals surface area (Å²) in [5.41, 5.74) is 2.59. The second-order valence-electron chi connectivity index (χ2n) is 4.98.